The van der Waals surface area contributed by atoms with Gasteiger partial charge in [-0.1, -0.05) is 28.1 Å². The van der Waals surface area contributed by atoms with Crippen LogP contribution in [0.15, 0.2) is 46.9 Å². The molecular weight excluding hydrogens is 403 g/mol. The highest BCUT2D eigenvalue weighted by Gasteiger charge is 2.35. The third-order valence-corrected chi connectivity index (χ3v) is 4.61. The lowest BCUT2D eigenvalue weighted by molar-refractivity contribution is -0.121. The molecule has 1 aliphatic rings. The van der Waals surface area contributed by atoms with Crippen LogP contribution < -0.4 is 5.32 Å². The molecule has 3 rings (SSSR count). The molecule has 1 aliphatic heterocycles. The highest BCUT2D eigenvalue weighted by Crippen LogP contribution is 2.26. The average Bonchev–Trinajstić information content (AvgIpc) is 2.83. The summed E-state index contributed by atoms with van der Waals surface area (Å²) in [5, 5.41) is 2.72. The highest BCUT2D eigenvalue weighted by atomic mass is 79.9. The lowest BCUT2D eigenvalue weighted by Crippen LogP contribution is -2.35. The monoisotopic (exact) mass is 418 g/mol. The van der Waals surface area contributed by atoms with Gasteiger partial charge < -0.3 is 5.32 Å². The highest BCUT2D eigenvalue weighted by molar-refractivity contribution is 9.10. The zero-order valence-electron chi connectivity index (χ0n) is 13.8. The van der Waals surface area contributed by atoms with Crippen molar-refractivity contribution in [1.29, 1.82) is 0 Å². The maximum Gasteiger partial charge on any atom is 0.261 e. The van der Waals surface area contributed by atoms with Crippen LogP contribution in [0.5, 0.6) is 0 Å². The van der Waals surface area contributed by atoms with Crippen LogP contribution in [0.25, 0.3) is 0 Å². The first-order valence-corrected chi connectivity index (χ1v) is 8.92. The molecule has 3 amide bonds. The predicted octanol–water partition coefficient (Wildman–Crippen LogP) is 2.93. The predicted molar refractivity (Wildman–Crippen MR) is 97.2 cm³/mol. The fourth-order valence-electron chi connectivity index (χ4n) is 2.81. The number of carbonyl (C=O) groups is 3. The summed E-state index contributed by atoms with van der Waals surface area (Å²) in [5.41, 5.74) is 1.48. The summed E-state index contributed by atoms with van der Waals surface area (Å²) in [7, 11) is 0. The number of fused-ring (bicyclic) bond motifs is 1. The van der Waals surface area contributed by atoms with E-state index in [-0.39, 0.29) is 36.5 Å². The lowest BCUT2D eigenvalue weighted by atomic mass is 10.1. The first-order chi connectivity index (χ1) is 12.5. The summed E-state index contributed by atoms with van der Waals surface area (Å²) in [4.78, 5) is 37.6. The van der Waals surface area contributed by atoms with Crippen LogP contribution in [0.2, 0.25) is 0 Å². The fraction of sp³-hybridized carbons (Fsp3) is 0.211. The molecule has 0 atom stereocenters. The largest absolute Gasteiger partial charge is 0.356 e. The van der Waals surface area contributed by atoms with Crippen LogP contribution in [-0.2, 0) is 11.2 Å². The van der Waals surface area contributed by atoms with Crippen LogP contribution in [0.1, 0.15) is 32.7 Å². The Hall–Kier alpha value is -2.54. The van der Waals surface area contributed by atoms with Gasteiger partial charge in [-0.3, -0.25) is 19.3 Å². The van der Waals surface area contributed by atoms with E-state index in [9.17, 15) is 18.8 Å². The number of hydrogen-bond acceptors (Lipinski definition) is 3. The molecule has 0 saturated heterocycles. The van der Waals surface area contributed by atoms with Gasteiger partial charge in [0.25, 0.3) is 11.8 Å². The minimum atomic E-state index is -0.390. The molecule has 0 spiro atoms. The van der Waals surface area contributed by atoms with Gasteiger partial charge in [-0.05, 0) is 42.3 Å². The third kappa shape index (κ3) is 3.99. The lowest BCUT2D eigenvalue weighted by Gasteiger charge is -2.13. The Balaban J connectivity index is 1.49. The molecule has 0 aromatic heterocycles. The Morgan fingerprint density at radius 2 is 1.85 bits per heavy atom. The third-order valence-electron chi connectivity index (χ3n) is 4.12. The van der Waals surface area contributed by atoms with E-state index in [4.69, 9.17) is 0 Å². The van der Waals surface area contributed by atoms with Crippen LogP contribution in [0, 0.1) is 5.82 Å². The first kappa shape index (κ1) is 18.3. The van der Waals surface area contributed by atoms with Gasteiger partial charge in [-0.2, -0.15) is 0 Å². The number of benzene rings is 2. The van der Waals surface area contributed by atoms with Gasteiger partial charge >= 0.3 is 0 Å². The van der Waals surface area contributed by atoms with Crippen molar-refractivity contribution in [3.63, 3.8) is 0 Å². The molecule has 2 aromatic rings. The van der Waals surface area contributed by atoms with E-state index in [1.165, 1.54) is 12.1 Å². The number of hydrogen-bond donors (Lipinski definition) is 1. The van der Waals surface area contributed by atoms with E-state index in [1.807, 2.05) is 0 Å². The number of halogens is 2. The molecule has 1 heterocycles. The molecule has 0 radical (unpaired) electrons. The Bertz CT molecular complexity index is 885. The van der Waals surface area contributed by atoms with Crippen LogP contribution in [-0.4, -0.2) is 35.7 Å². The van der Waals surface area contributed by atoms with Crippen molar-refractivity contribution in [3.8, 4) is 0 Å². The van der Waals surface area contributed by atoms with Crippen molar-refractivity contribution in [2.75, 3.05) is 13.1 Å². The molecule has 0 unspecified atom stereocenters. The van der Waals surface area contributed by atoms with Crippen LogP contribution >= 0.6 is 15.9 Å². The quantitative estimate of drug-likeness (QED) is 0.733. The molecule has 0 saturated carbocycles. The summed E-state index contributed by atoms with van der Waals surface area (Å²) in [6, 6.07) is 11.1. The topological polar surface area (TPSA) is 66.5 Å². The zero-order chi connectivity index (χ0) is 18.7. The van der Waals surface area contributed by atoms with Gasteiger partial charge in [-0.15, -0.1) is 0 Å². The minimum Gasteiger partial charge on any atom is -0.356 e. The van der Waals surface area contributed by atoms with Crippen molar-refractivity contribution < 1.29 is 18.8 Å². The zero-order valence-corrected chi connectivity index (χ0v) is 15.4. The van der Waals surface area contributed by atoms with Crippen LogP contribution in [0.4, 0.5) is 4.39 Å². The van der Waals surface area contributed by atoms with E-state index in [2.05, 4.69) is 21.2 Å². The maximum absolute atomic E-state index is 13.1. The van der Waals surface area contributed by atoms with E-state index in [0.717, 1.165) is 10.5 Å². The molecule has 7 heteroatoms. The number of carbonyl (C=O) groups excluding carboxylic acids is 3. The molecule has 2 aromatic carbocycles. The molecule has 26 heavy (non-hydrogen) atoms. The van der Waals surface area contributed by atoms with Crippen molar-refractivity contribution in [2.24, 2.45) is 0 Å². The normalized spacial score (nSPS) is 13.1. The summed E-state index contributed by atoms with van der Waals surface area (Å²) < 4.78 is 13.8. The standard InChI is InChI=1S/C19H16BrFN2O3/c20-13-4-5-15-16(11-13)19(26)23(18(15)25)9-7-17(24)22-8-6-12-2-1-3-14(21)10-12/h1-5,10-11H,6-9H2,(H,22,24). The Kier molecular flexibility index (Phi) is 5.46. The molecule has 134 valence electrons. The molecule has 0 bridgehead atoms. The van der Waals surface area contributed by atoms with E-state index in [1.54, 1.807) is 30.3 Å². The van der Waals surface area contributed by atoms with E-state index < -0.39 is 0 Å². The second-order valence-electron chi connectivity index (χ2n) is 5.93. The molecule has 0 fully saturated rings. The SMILES string of the molecule is O=C(CCN1C(=O)c2ccc(Br)cc2C1=O)NCCc1cccc(F)c1. The molecule has 5 nitrogen and oxygen atoms in total. The average molecular weight is 419 g/mol. The number of rotatable bonds is 6. The van der Waals surface area contributed by atoms with Gasteiger partial charge in [0.1, 0.15) is 5.82 Å². The summed E-state index contributed by atoms with van der Waals surface area (Å²) in [6.45, 7) is 0.382. The van der Waals surface area contributed by atoms with Crippen molar-refractivity contribution >= 4 is 33.7 Å². The maximum atomic E-state index is 13.1. The second-order valence-corrected chi connectivity index (χ2v) is 6.85. The Morgan fingerprint density at radius 3 is 2.62 bits per heavy atom. The summed E-state index contributed by atoms with van der Waals surface area (Å²) in [5.74, 6) is -1.35. The number of nitrogens with one attached hydrogen (secondary N) is 1. The molecule has 1 N–H and O–H groups in total. The van der Waals surface area contributed by atoms with Gasteiger partial charge in [0, 0.05) is 24.0 Å². The molecule has 0 aliphatic carbocycles. The van der Waals surface area contributed by atoms with Gasteiger partial charge in [-0.25, -0.2) is 4.39 Å². The van der Waals surface area contributed by atoms with Gasteiger partial charge in [0.05, 0.1) is 11.1 Å². The van der Waals surface area contributed by atoms with Crippen LogP contribution in [0.3, 0.4) is 0 Å². The fourth-order valence-corrected chi connectivity index (χ4v) is 3.17. The van der Waals surface area contributed by atoms with Crippen molar-refractivity contribution in [2.45, 2.75) is 12.8 Å². The van der Waals surface area contributed by atoms with Gasteiger partial charge in [0.15, 0.2) is 0 Å². The van der Waals surface area contributed by atoms with Crippen molar-refractivity contribution in [3.05, 3.63) is 69.4 Å². The summed E-state index contributed by atoms with van der Waals surface area (Å²) >= 11 is 3.28. The number of imide groups is 1. The molecular formula is C19H16BrFN2O3. The smallest absolute Gasteiger partial charge is 0.261 e. The number of amides is 3. The van der Waals surface area contributed by atoms with E-state index in [0.29, 0.717) is 28.6 Å². The minimum absolute atomic E-state index is 0.0236. The number of nitrogens with zero attached hydrogens (tertiary/aromatic N) is 1. The summed E-state index contributed by atoms with van der Waals surface area (Å²) in [6.07, 6.45) is 0.528. The Labute approximate surface area is 158 Å². The van der Waals surface area contributed by atoms with E-state index >= 15 is 0 Å². The first-order valence-electron chi connectivity index (χ1n) is 8.12. The van der Waals surface area contributed by atoms with Crippen molar-refractivity contribution in [1.82, 2.24) is 10.2 Å². The Morgan fingerprint density at radius 1 is 1.08 bits per heavy atom. The second kappa shape index (κ2) is 7.78. The van der Waals surface area contributed by atoms with Gasteiger partial charge in [0.2, 0.25) is 5.91 Å².